The first-order valence-corrected chi connectivity index (χ1v) is 7.47. The Bertz CT molecular complexity index is 628. The summed E-state index contributed by atoms with van der Waals surface area (Å²) in [5.41, 5.74) is 4.37. The van der Waals surface area contributed by atoms with Crippen LogP contribution in [0, 0.1) is 5.82 Å². The molecule has 1 aromatic heterocycles. The fourth-order valence-corrected chi connectivity index (χ4v) is 2.87. The second-order valence-corrected chi connectivity index (χ2v) is 5.54. The van der Waals surface area contributed by atoms with Crippen molar-refractivity contribution in [2.24, 2.45) is 0 Å². The number of hydrogen-bond donors (Lipinski definition) is 2. The van der Waals surface area contributed by atoms with Crippen molar-refractivity contribution >= 4 is 17.3 Å². The van der Waals surface area contributed by atoms with E-state index in [2.05, 4.69) is 21.7 Å². The fourth-order valence-electron chi connectivity index (χ4n) is 2.62. The second-order valence-electron chi connectivity index (χ2n) is 5.13. The minimum absolute atomic E-state index is 0.323. The topological polar surface area (TPSA) is 37.0 Å². The predicted octanol–water partition coefficient (Wildman–Crippen LogP) is 3.17. The quantitative estimate of drug-likeness (QED) is 0.914. The lowest BCUT2D eigenvalue weighted by atomic mass is 10.0. The second kappa shape index (κ2) is 6.41. The molecule has 2 N–H and O–H groups in total. The Balaban J connectivity index is 1.82. The zero-order chi connectivity index (χ0) is 14.7. The van der Waals surface area contributed by atoms with E-state index in [1.807, 2.05) is 6.07 Å². The molecule has 0 saturated carbocycles. The van der Waals surface area contributed by atoms with Crippen molar-refractivity contribution in [2.75, 3.05) is 18.4 Å². The van der Waals surface area contributed by atoms with Crippen molar-refractivity contribution in [1.82, 2.24) is 10.3 Å². The van der Waals surface area contributed by atoms with Crippen molar-refractivity contribution in [3.63, 3.8) is 0 Å². The Morgan fingerprint density at radius 2 is 2.05 bits per heavy atom. The molecular weight excluding hydrogens is 289 g/mol. The molecule has 1 aliphatic heterocycles. The van der Waals surface area contributed by atoms with Crippen molar-refractivity contribution in [3.8, 4) is 0 Å². The number of fused-ring (bicyclic) bond motifs is 1. The predicted molar refractivity (Wildman–Crippen MR) is 83.3 cm³/mol. The van der Waals surface area contributed by atoms with Crippen LogP contribution in [-0.2, 0) is 19.4 Å². The largest absolute Gasteiger partial charge is 0.378 e. The van der Waals surface area contributed by atoms with Crippen LogP contribution in [0.1, 0.15) is 16.8 Å². The van der Waals surface area contributed by atoms with Crippen molar-refractivity contribution < 1.29 is 4.39 Å². The zero-order valence-electron chi connectivity index (χ0n) is 11.6. The van der Waals surface area contributed by atoms with Gasteiger partial charge in [-0.25, -0.2) is 4.39 Å². The van der Waals surface area contributed by atoms with Crippen LogP contribution in [0.4, 0.5) is 10.1 Å². The average molecular weight is 306 g/mol. The number of anilines is 1. The minimum Gasteiger partial charge on any atom is -0.378 e. The number of halogens is 2. The first kappa shape index (κ1) is 14.3. The van der Waals surface area contributed by atoms with E-state index in [1.165, 1.54) is 23.4 Å². The third kappa shape index (κ3) is 3.34. The summed E-state index contributed by atoms with van der Waals surface area (Å²) in [6.07, 6.45) is 3.19. The molecule has 0 fully saturated rings. The number of nitrogens with zero attached hydrogens (tertiary/aromatic N) is 1. The maximum Gasteiger partial charge on any atom is 0.141 e. The van der Waals surface area contributed by atoms with E-state index in [-0.39, 0.29) is 5.82 Å². The van der Waals surface area contributed by atoms with E-state index in [0.717, 1.165) is 42.3 Å². The first-order valence-electron chi connectivity index (χ1n) is 7.09. The fraction of sp³-hybridized carbons (Fsp3) is 0.312. The van der Waals surface area contributed by atoms with Gasteiger partial charge in [0, 0.05) is 0 Å². The van der Waals surface area contributed by atoms with E-state index in [4.69, 9.17) is 11.6 Å². The van der Waals surface area contributed by atoms with Crippen LogP contribution >= 0.6 is 11.6 Å². The molecular formula is C16H17ClFN3. The Morgan fingerprint density at radius 3 is 2.86 bits per heavy atom. The van der Waals surface area contributed by atoms with Gasteiger partial charge in [-0.15, -0.1) is 0 Å². The molecule has 0 amide bonds. The summed E-state index contributed by atoms with van der Waals surface area (Å²) in [5.74, 6) is -0.323. The van der Waals surface area contributed by atoms with Gasteiger partial charge in [-0.1, -0.05) is 17.7 Å². The maximum absolute atomic E-state index is 12.9. The summed E-state index contributed by atoms with van der Waals surface area (Å²) in [6.45, 7) is 2.48. The van der Waals surface area contributed by atoms with Crippen LogP contribution in [-0.4, -0.2) is 18.1 Å². The van der Waals surface area contributed by atoms with Gasteiger partial charge >= 0.3 is 0 Å². The van der Waals surface area contributed by atoms with E-state index in [9.17, 15) is 4.39 Å². The van der Waals surface area contributed by atoms with Gasteiger partial charge in [0.05, 0.1) is 29.1 Å². The summed E-state index contributed by atoms with van der Waals surface area (Å²) >= 11 is 6.34. The standard InChI is InChI=1S/C16H17ClFN3/c17-15-4-1-11-5-7-19-8-6-14(11)16(15)21-10-13-3-2-12(18)9-20-13/h1-4,9,19,21H,5-8,10H2. The Hall–Kier alpha value is -1.65. The molecule has 1 aliphatic rings. The first-order chi connectivity index (χ1) is 10.2. The minimum atomic E-state index is -0.323. The highest BCUT2D eigenvalue weighted by Gasteiger charge is 2.14. The lowest BCUT2D eigenvalue weighted by molar-refractivity contribution is 0.619. The van der Waals surface area contributed by atoms with Crippen molar-refractivity contribution in [3.05, 3.63) is 58.1 Å². The Kier molecular flexibility index (Phi) is 4.36. The van der Waals surface area contributed by atoms with Crippen LogP contribution in [0.3, 0.4) is 0 Å². The van der Waals surface area contributed by atoms with Crippen LogP contribution in [0.15, 0.2) is 30.5 Å². The average Bonchev–Trinajstić information content (AvgIpc) is 2.73. The van der Waals surface area contributed by atoms with Gasteiger partial charge in [0.2, 0.25) is 0 Å². The SMILES string of the molecule is Fc1ccc(CNc2c(Cl)ccc3c2CCNCC3)nc1. The number of aromatic nitrogens is 1. The monoisotopic (exact) mass is 305 g/mol. The molecule has 21 heavy (non-hydrogen) atoms. The summed E-state index contributed by atoms with van der Waals surface area (Å²) < 4.78 is 12.9. The van der Waals surface area contributed by atoms with Crippen LogP contribution < -0.4 is 10.6 Å². The summed E-state index contributed by atoms with van der Waals surface area (Å²) in [4.78, 5) is 4.06. The summed E-state index contributed by atoms with van der Waals surface area (Å²) in [7, 11) is 0. The third-order valence-corrected chi connectivity index (χ3v) is 4.03. The normalized spacial score (nSPS) is 14.4. The summed E-state index contributed by atoms with van der Waals surface area (Å²) in [5, 5.41) is 7.48. The highest BCUT2D eigenvalue weighted by Crippen LogP contribution is 2.31. The van der Waals surface area contributed by atoms with Crippen LogP contribution in [0.25, 0.3) is 0 Å². The number of rotatable bonds is 3. The molecule has 1 aromatic carbocycles. The molecule has 2 aromatic rings. The maximum atomic E-state index is 12.9. The molecule has 5 heteroatoms. The molecule has 3 nitrogen and oxygen atoms in total. The van der Waals surface area contributed by atoms with Gasteiger partial charge < -0.3 is 10.6 Å². The number of nitrogens with one attached hydrogen (secondary N) is 2. The molecule has 0 spiro atoms. The summed E-state index contributed by atoms with van der Waals surface area (Å²) in [6, 6.07) is 7.14. The van der Waals surface area contributed by atoms with Gasteiger partial charge in [-0.3, -0.25) is 4.98 Å². The van der Waals surface area contributed by atoms with Gasteiger partial charge in [0.1, 0.15) is 5.82 Å². The molecule has 0 saturated heterocycles. The highest BCUT2D eigenvalue weighted by atomic mass is 35.5. The number of pyridine rings is 1. The molecule has 3 rings (SSSR count). The lowest BCUT2D eigenvalue weighted by Crippen LogP contribution is -2.16. The number of benzene rings is 1. The molecule has 0 unspecified atom stereocenters. The Labute approximate surface area is 128 Å². The van der Waals surface area contributed by atoms with Gasteiger partial charge in [0.15, 0.2) is 0 Å². The molecule has 110 valence electrons. The number of hydrogen-bond acceptors (Lipinski definition) is 3. The van der Waals surface area contributed by atoms with Crippen molar-refractivity contribution in [2.45, 2.75) is 19.4 Å². The molecule has 0 bridgehead atoms. The lowest BCUT2D eigenvalue weighted by Gasteiger charge is -2.16. The van der Waals surface area contributed by atoms with E-state index in [0.29, 0.717) is 6.54 Å². The van der Waals surface area contributed by atoms with Gasteiger partial charge in [0.25, 0.3) is 0 Å². The molecule has 0 radical (unpaired) electrons. The van der Waals surface area contributed by atoms with Gasteiger partial charge in [-0.05, 0) is 55.3 Å². The zero-order valence-corrected chi connectivity index (χ0v) is 12.4. The van der Waals surface area contributed by atoms with Crippen LogP contribution in [0.2, 0.25) is 5.02 Å². The van der Waals surface area contributed by atoms with E-state index >= 15 is 0 Å². The van der Waals surface area contributed by atoms with Gasteiger partial charge in [-0.2, -0.15) is 0 Å². The smallest absolute Gasteiger partial charge is 0.141 e. The Morgan fingerprint density at radius 1 is 1.19 bits per heavy atom. The molecule has 0 atom stereocenters. The molecule has 2 heterocycles. The van der Waals surface area contributed by atoms with Crippen LogP contribution in [0.5, 0.6) is 0 Å². The van der Waals surface area contributed by atoms with E-state index in [1.54, 1.807) is 6.07 Å². The molecule has 0 aliphatic carbocycles. The van der Waals surface area contributed by atoms with E-state index < -0.39 is 0 Å². The third-order valence-electron chi connectivity index (χ3n) is 3.72. The van der Waals surface area contributed by atoms with Crippen molar-refractivity contribution in [1.29, 1.82) is 0 Å². The highest BCUT2D eigenvalue weighted by molar-refractivity contribution is 6.33.